The third-order valence-electron chi connectivity index (χ3n) is 5.14. The van der Waals surface area contributed by atoms with Gasteiger partial charge in [0.1, 0.15) is 12.4 Å². The van der Waals surface area contributed by atoms with Crippen molar-refractivity contribution in [2.24, 2.45) is 4.99 Å². The number of aliphatic imine (C=N–C) groups is 1. The molecule has 1 amide bonds. The maximum atomic E-state index is 12.9. The van der Waals surface area contributed by atoms with E-state index in [2.05, 4.69) is 4.99 Å². The molecule has 3 aromatic rings. The Morgan fingerprint density at radius 3 is 2.49 bits per heavy atom. The number of rotatable bonds is 7. The van der Waals surface area contributed by atoms with Gasteiger partial charge in [-0.2, -0.15) is 0 Å². The molecule has 0 saturated carbocycles. The van der Waals surface area contributed by atoms with Crippen molar-refractivity contribution in [2.75, 3.05) is 6.54 Å². The highest BCUT2D eigenvalue weighted by molar-refractivity contribution is 8.18. The summed E-state index contributed by atoms with van der Waals surface area (Å²) in [4.78, 5) is 30.6. The Kier molecular flexibility index (Phi) is 7.80. The van der Waals surface area contributed by atoms with E-state index in [9.17, 15) is 9.59 Å². The number of carbonyl (C=O) groups excluding carboxylic acids is 1. The molecule has 0 atom stereocenters. The van der Waals surface area contributed by atoms with Crippen LogP contribution in [-0.2, 0) is 11.4 Å². The Hall–Kier alpha value is -3.26. The fourth-order valence-electron chi connectivity index (χ4n) is 3.31. The number of aromatic carboxylic acids is 1. The average Bonchev–Trinajstić information content (AvgIpc) is 3.13. The van der Waals surface area contributed by atoms with Crippen molar-refractivity contribution < 1.29 is 19.4 Å². The fourth-order valence-corrected chi connectivity index (χ4v) is 4.80. The number of carboxylic acid groups (broad SMARTS) is 1. The van der Waals surface area contributed by atoms with Gasteiger partial charge in [-0.25, -0.2) is 9.79 Å². The molecule has 35 heavy (non-hydrogen) atoms. The number of thioether (sulfide) groups is 1. The molecule has 1 aliphatic heterocycles. The minimum absolute atomic E-state index is 0.159. The van der Waals surface area contributed by atoms with Crippen LogP contribution >= 0.6 is 35.0 Å². The van der Waals surface area contributed by atoms with Crippen LogP contribution in [0.15, 0.2) is 76.6 Å². The van der Waals surface area contributed by atoms with Gasteiger partial charge < -0.3 is 9.84 Å². The summed E-state index contributed by atoms with van der Waals surface area (Å²) in [6.45, 7) is 2.60. The van der Waals surface area contributed by atoms with Crippen LogP contribution in [0.25, 0.3) is 6.08 Å². The molecule has 6 nitrogen and oxygen atoms in total. The van der Waals surface area contributed by atoms with Gasteiger partial charge in [-0.1, -0.05) is 47.5 Å². The third kappa shape index (κ3) is 5.88. The topological polar surface area (TPSA) is 79.2 Å². The summed E-state index contributed by atoms with van der Waals surface area (Å²) in [7, 11) is 0. The van der Waals surface area contributed by atoms with E-state index in [0.717, 1.165) is 11.1 Å². The number of halogens is 2. The normalized spacial score (nSPS) is 15.7. The van der Waals surface area contributed by atoms with Crippen LogP contribution in [0.3, 0.4) is 0 Å². The first-order valence-corrected chi connectivity index (χ1v) is 12.2. The second-order valence-corrected chi connectivity index (χ2v) is 9.30. The number of hydrogen-bond donors (Lipinski definition) is 1. The second-order valence-electron chi connectivity index (χ2n) is 7.48. The predicted octanol–water partition coefficient (Wildman–Crippen LogP) is 6.89. The highest BCUT2D eigenvalue weighted by atomic mass is 35.5. The van der Waals surface area contributed by atoms with Gasteiger partial charge >= 0.3 is 5.97 Å². The van der Waals surface area contributed by atoms with Crippen LogP contribution < -0.4 is 4.74 Å². The number of ether oxygens (including phenoxy) is 1. The van der Waals surface area contributed by atoms with Crippen molar-refractivity contribution in [1.29, 1.82) is 0 Å². The van der Waals surface area contributed by atoms with Crippen LogP contribution in [0.4, 0.5) is 5.69 Å². The zero-order valence-corrected chi connectivity index (χ0v) is 20.9. The van der Waals surface area contributed by atoms with E-state index < -0.39 is 5.97 Å². The molecule has 1 aliphatic rings. The fraction of sp³-hybridized carbons (Fsp3) is 0.115. The average molecular weight is 527 g/mol. The van der Waals surface area contributed by atoms with Gasteiger partial charge in [0.05, 0.1) is 21.2 Å². The lowest BCUT2D eigenvalue weighted by molar-refractivity contribution is -0.122. The lowest BCUT2D eigenvalue weighted by Gasteiger charge is -2.12. The van der Waals surface area contributed by atoms with Crippen molar-refractivity contribution in [3.05, 3.63) is 98.4 Å². The van der Waals surface area contributed by atoms with Crippen molar-refractivity contribution in [3.63, 3.8) is 0 Å². The molecule has 0 unspecified atom stereocenters. The summed E-state index contributed by atoms with van der Waals surface area (Å²) >= 11 is 13.9. The number of amides is 1. The van der Waals surface area contributed by atoms with Crippen LogP contribution in [-0.4, -0.2) is 33.6 Å². The number of hydrogen-bond acceptors (Lipinski definition) is 5. The van der Waals surface area contributed by atoms with Gasteiger partial charge in [0.15, 0.2) is 5.17 Å². The highest BCUT2D eigenvalue weighted by Gasteiger charge is 2.32. The van der Waals surface area contributed by atoms with E-state index in [0.29, 0.717) is 38.1 Å². The first-order valence-electron chi connectivity index (χ1n) is 10.6. The first kappa shape index (κ1) is 24.9. The molecule has 4 rings (SSSR count). The minimum Gasteiger partial charge on any atom is -0.487 e. The van der Waals surface area contributed by atoms with E-state index in [1.165, 1.54) is 23.9 Å². The van der Waals surface area contributed by atoms with E-state index in [4.69, 9.17) is 33.0 Å². The molecule has 0 aliphatic carbocycles. The van der Waals surface area contributed by atoms with Gasteiger partial charge in [0.2, 0.25) is 0 Å². The zero-order valence-electron chi connectivity index (χ0n) is 18.6. The molecule has 3 aromatic carbocycles. The van der Waals surface area contributed by atoms with Gasteiger partial charge in [-0.05, 0) is 72.8 Å². The Balaban J connectivity index is 1.51. The third-order valence-corrected chi connectivity index (χ3v) is 6.81. The number of nitrogens with zero attached hydrogens (tertiary/aromatic N) is 2. The largest absolute Gasteiger partial charge is 0.487 e. The van der Waals surface area contributed by atoms with E-state index in [1.54, 1.807) is 41.3 Å². The smallest absolute Gasteiger partial charge is 0.335 e. The summed E-state index contributed by atoms with van der Waals surface area (Å²) in [5.41, 5.74) is 2.34. The predicted molar refractivity (Wildman–Crippen MR) is 141 cm³/mol. The van der Waals surface area contributed by atoms with E-state index in [-0.39, 0.29) is 18.1 Å². The van der Waals surface area contributed by atoms with Crippen LogP contribution in [0.5, 0.6) is 5.75 Å². The second kappa shape index (κ2) is 11.0. The molecule has 1 N–H and O–H groups in total. The number of carbonyl (C=O) groups is 2. The molecule has 0 spiro atoms. The lowest BCUT2D eigenvalue weighted by Crippen LogP contribution is -2.28. The molecule has 0 aromatic heterocycles. The summed E-state index contributed by atoms with van der Waals surface area (Å²) in [6, 6.07) is 18.9. The number of amidine groups is 1. The molecule has 9 heteroatoms. The molecule has 0 bridgehead atoms. The van der Waals surface area contributed by atoms with E-state index in [1.807, 2.05) is 31.2 Å². The van der Waals surface area contributed by atoms with Gasteiger partial charge in [0, 0.05) is 17.1 Å². The van der Waals surface area contributed by atoms with Crippen molar-refractivity contribution in [3.8, 4) is 5.75 Å². The Bertz CT molecular complexity index is 1340. The maximum absolute atomic E-state index is 12.9. The molecule has 1 heterocycles. The monoisotopic (exact) mass is 526 g/mol. The minimum atomic E-state index is -1.01. The molecule has 1 fully saturated rings. The Labute approximate surface area is 216 Å². The van der Waals surface area contributed by atoms with Crippen LogP contribution in [0, 0.1) is 0 Å². The van der Waals surface area contributed by atoms with Crippen LogP contribution in [0.1, 0.15) is 28.4 Å². The summed E-state index contributed by atoms with van der Waals surface area (Å²) in [5, 5.41) is 10.6. The summed E-state index contributed by atoms with van der Waals surface area (Å²) in [6.07, 6.45) is 1.76. The Morgan fingerprint density at radius 2 is 1.83 bits per heavy atom. The standard InChI is InChI=1S/C26H20Cl2N2O4S/c1-2-30-24(31)23(35-26(30)29-19-10-8-17(9-11-19)25(32)33)14-16-7-12-22(21(28)13-16)34-15-18-5-3-4-6-20(18)27/h3-14H,2,15H2,1H3,(H,32,33). The zero-order chi connectivity index (χ0) is 24.9. The molecular weight excluding hydrogens is 507 g/mol. The lowest BCUT2D eigenvalue weighted by atomic mass is 10.2. The Morgan fingerprint density at radius 1 is 1.09 bits per heavy atom. The van der Waals surface area contributed by atoms with Gasteiger partial charge in [0.25, 0.3) is 5.91 Å². The van der Waals surface area contributed by atoms with Crippen LogP contribution in [0.2, 0.25) is 10.0 Å². The summed E-state index contributed by atoms with van der Waals surface area (Å²) < 4.78 is 5.82. The van der Waals surface area contributed by atoms with Gasteiger partial charge in [-0.3, -0.25) is 9.69 Å². The highest BCUT2D eigenvalue weighted by Crippen LogP contribution is 2.35. The first-order chi connectivity index (χ1) is 16.9. The van der Waals surface area contributed by atoms with Crippen molar-refractivity contribution in [1.82, 2.24) is 4.90 Å². The molecule has 178 valence electrons. The van der Waals surface area contributed by atoms with Crippen molar-refractivity contribution >= 4 is 63.8 Å². The van der Waals surface area contributed by atoms with Gasteiger partial charge in [-0.15, -0.1) is 0 Å². The molecular formula is C26H20Cl2N2O4S. The van der Waals surface area contributed by atoms with Crippen molar-refractivity contribution in [2.45, 2.75) is 13.5 Å². The SMILES string of the molecule is CCN1C(=O)C(=Cc2ccc(OCc3ccccc3Cl)c(Cl)c2)SC1=Nc1ccc(C(=O)O)cc1. The molecule has 1 saturated heterocycles. The summed E-state index contributed by atoms with van der Waals surface area (Å²) in [5.74, 6) is -0.649. The molecule has 0 radical (unpaired) electrons. The number of likely N-dealkylation sites (N-methyl/N-ethyl adjacent to an activating group) is 1. The number of benzene rings is 3. The number of carboxylic acids is 1. The van der Waals surface area contributed by atoms with E-state index >= 15 is 0 Å². The maximum Gasteiger partial charge on any atom is 0.335 e. The quantitative estimate of drug-likeness (QED) is 0.339.